The molecule has 0 amide bonds. The highest BCUT2D eigenvalue weighted by molar-refractivity contribution is 5.30. The Hall–Kier alpha value is -2.07. The molecule has 2 aromatic rings. The third-order valence-electron chi connectivity index (χ3n) is 3.22. The van der Waals surface area contributed by atoms with Crippen LogP contribution < -0.4 is 9.47 Å². The molecule has 2 rings (SSSR count). The Morgan fingerprint density at radius 2 is 1.95 bits per heavy atom. The molecule has 3 nitrogen and oxygen atoms in total. The van der Waals surface area contributed by atoms with Gasteiger partial charge in [-0.05, 0) is 36.8 Å². The lowest BCUT2D eigenvalue weighted by Gasteiger charge is -2.13. The van der Waals surface area contributed by atoms with Crippen LogP contribution in [0.4, 0.5) is 4.39 Å². The van der Waals surface area contributed by atoms with Crippen molar-refractivity contribution in [2.24, 2.45) is 0 Å². The van der Waals surface area contributed by atoms with E-state index in [-0.39, 0.29) is 5.56 Å². The lowest BCUT2D eigenvalue weighted by molar-refractivity contribution is 0.137. The average Bonchev–Trinajstić information content (AvgIpc) is 2.47. The first-order valence-electron chi connectivity index (χ1n) is 6.81. The Morgan fingerprint density at radius 3 is 2.62 bits per heavy atom. The Bertz CT molecular complexity index is 598. The zero-order valence-corrected chi connectivity index (χ0v) is 12.2. The van der Waals surface area contributed by atoms with E-state index in [4.69, 9.17) is 9.47 Å². The molecule has 0 aliphatic carbocycles. The second-order valence-corrected chi connectivity index (χ2v) is 4.86. The van der Waals surface area contributed by atoms with Crippen molar-refractivity contribution in [1.29, 1.82) is 0 Å². The molecule has 2 aromatic carbocycles. The summed E-state index contributed by atoms with van der Waals surface area (Å²) in [4.78, 5) is 0. The summed E-state index contributed by atoms with van der Waals surface area (Å²) in [6, 6.07) is 12.1. The number of hydrogen-bond donors (Lipinski definition) is 1. The number of hydrogen-bond acceptors (Lipinski definition) is 3. The van der Waals surface area contributed by atoms with E-state index in [2.05, 4.69) is 0 Å². The smallest absolute Gasteiger partial charge is 0.132 e. The Kier molecular flexibility index (Phi) is 5.17. The zero-order valence-electron chi connectivity index (χ0n) is 12.2. The Labute approximate surface area is 124 Å². The highest BCUT2D eigenvalue weighted by Crippen LogP contribution is 2.24. The number of aryl methyl sites for hydroxylation is 1. The first-order valence-corrected chi connectivity index (χ1v) is 6.81. The van der Waals surface area contributed by atoms with E-state index in [1.165, 1.54) is 19.2 Å². The summed E-state index contributed by atoms with van der Waals surface area (Å²) >= 11 is 0. The second kappa shape index (κ2) is 7.09. The summed E-state index contributed by atoms with van der Waals surface area (Å²) in [5, 5.41) is 10.0. The van der Waals surface area contributed by atoms with Crippen molar-refractivity contribution < 1.29 is 19.0 Å². The van der Waals surface area contributed by atoms with Crippen molar-refractivity contribution >= 4 is 0 Å². The van der Waals surface area contributed by atoms with E-state index in [1.54, 1.807) is 6.07 Å². The van der Waals surface area contributed by atoms with Crippen molar-refractivity contribution in [3.8, 4) is 11.5 Å². The highest BCUT2D eigenvalue weighted by atomic mass is 19.1. The lowest BCUT2D eigenvalue weighted by Crippen LogP contribution is -2.07. The van der Waals surface area contributed by atoms with Crippen LogP contribution in [0.2, 0.25) is 0 Å². The third kappa shape index (κ3) is 4.20. The number of aliphatic hydroxyl groups excluding tert-OH is 1. The van der Waals surface area contributed by atoms with E-state index < -0.39 is 11.9 Å². The number of ether oxygens (including phenoxy) is 2. The number of methoxy groups -OCH3 is 1. The Balaban J connectivity index is 1.91. The first-order chi connectivity index (χ1) is 10.1. The maximum Gasteiger partial charge on any atom is 0.132 e. The van der Waals surface area contributed by atoms with Gasteiger partial charge in [0.05, 0.1) is 19.8 Å². The van der Waals surface area contributed by atoms with Gasteiger partial charge in [0.1, 0.15) is 17.3 Å². The van der Waals surface area contributed by atoms with Crippen LogP contribution in [0, 0.1) is 12.7 Å². The highest BCUT2D eigenvalue weighted by Gasteiger charge is 2.13. The maximum absolute atomic E-state index is 13.8. The van der Waals surface area contributed by atoms with Gasteiger partial charge in [0, 0.05) is 18.1 Å². The average molecular weight is 290 g/mol. The Morgan fingerprint density at radius 1 is 1.14 bits per heavy atom. The van der Waals surface area contributed by atoms with Crippen LogP contribution in [-0.4, -0.2) is 18.8 Å². The SMILES string of the molecule is COc1ccc(C(O)CCOc2cccc(C)c2)c(F)c1. The minimum absolute atomic E-state index is 0.253. The third-order valence-corrected chi connectivity index (χ3v) is 3.22. The van der Waals surface area contributed by atoms with Gasteiger partial charge in [0.15, 0.2) is 0 Å². The van der Waals surface area contributed by atoms with Gasteiger partial charge in [-0.2, -0.15) is 0 Å². The predicted octanol–water partition coefficient (Wildman–Crippen LogP) is 3.65. The quantitative estimate of drug-likeness (QED) is 0.882. The molecule has 0 bridgehead atoms. The van der Waals surface area contributed by atoms with Crippen LogP contribution in [0.1, 0.15) is 23.7 Å². The minimum atomic E-state index is -0.902. The van der Waals surface area contributed by atoms with Crippen molar-refractivity contribution in [2.75, 3.05) is 13.7 Å². The molecular formula is C17H19FO3. The molecule has 0 saturated carbocycles. The molecule has 21 heavy (non-hydrogen) atoms. The normalized spacial score (nSPS) is 12.0. The molecule has 4 heteroatoms. The van der Waals surface area contributed by atoms with Gasteiger partial charge in [0.25, 0.3) is 0 Å². The molecule has 0 heterocycles. The van der Waals surface area contributed by atoms with Crippen LogP contribution in [0.15, 0.2) is 42.5 Å². The zero-order chi connectivity index (χ0) is 15.2. The summed E-state index contributed by atoms with van der Waals surface area (Å²) in [7, 11) is 1.47. The van der Waals surface area contributed by atoms with Gasteiger partial charge in [0.2, 0.25) is 0 Å². The molecule has 112 valence electrons. The van der Waals surface area contributed by atoms with Gasteiger partial charge < -0.3 is 14.6 Å². The fraction of sp³-hybridized carbons (Fsp3) is 0.294. The van der Waals surface area contributed by atoms with Crippen molar-refractivity contribution in [3.63, 3.8) is 0 Å². The standard InChI is InChI=1S/C17H19FO3/c1-12-4-3-5-14(10-12)21-9-8-17(19)15-7-6-13(20-2)11-16(15)18/h3-7,10-11,17,19H,8-9H2,1-2H3. The number of rotatable bonds is 6. The summed E-state index contributed by atoms with van der Waals surface area (Å²) in [5.41, 5.74) is 1.36. The van der Waals surface area contributed by atoms with Crippen molar-refractivity contribution in [1.82, 2.24) is 0 Å². The molecule has 0 radical (unpaired) electrons. The number of benzene rings is 2. The van der Waals surface area contributed by atoms with Crippen molar-refractivity contribution in [3.05, 3.63) is 59.4 Å². The first kappa shape index (κ1) is 15.3. The van der Waals surface area contributed by atoms with Crippen molar-refractivity contribution in [2.45, 2.75) is 19.4 Å². The molecule has 1 unspecified atom stereocenters. The molecule has 1 N–H and O–H groups in total. The molecule has 0 saturated heterocycles. The van der Waals surface area contributed by atoms with E-state index in [9.17, 15) is 9.50 Å². The van der Waals surface area contributed by atoms with E-state index in [0.29, 0.717) is 18.8 Å². The van der Waals surface area contributed by atoms with Gasteiger partial charge in [-0.1, -0.05) is 12.1 Å². The molecular weight excluding hydrogens is 271 g/mol. The summed E-state index contributed by atoms with van der Waals surface area (Å²) in [5.74, 6) is 0.703. The van der Waals surface area contributed by atoms with Crippen LogP contribution in [-0.2, 0) is 0 Å². The van der Waals surface area contributed by atoms with Gasteiger partial charge in [-0.25, -0.2) is 4.39 Å². The van der Waals surface area contributed by atoms with Crippen LogP contribution in [0.25, 0.3) is 0 Å². The monoisotopic (exact) mass is 290 g/mol. The molecule has 0 fully saturated rings. The van der Waals surface area contributed by atoms with E-state index >= 15 is 0 Å². The van der Waals surface area contributed by atoms with Gasteiger partial charge >= 0.3 is 0 Å². The molecule has 1 atom stereocenters. The summed E-state index contributed by atoms with van der Waals surface area (Å²) < 4.78 is 24.3. The second-order valence-electron chi connectivity index (χ2n) is 4.86. The van der Waals surface area contributed by atoms with Gasteiger partial charge in [-0.3, -0.25) is 0 Å². The maximum atomic E-state index is 13.8. The fourth-order valence-electron chi connectivity index (χ4n) is 2.05. The largest absolute Gasteiger partial charge is 0.497 e. The molecule has 0 aromatic heterocycles. The number of aliphatic hydroxyl groups is 1. The van der Waals surface area contributed by atoms with Gasteiger partial charge in [-0.15, -0.1) is 0 Å². The molecule has 0 spiro atoms. The van der Waals surface area contributed by atoms with E-state index in [1.807, 2.05) is 31.2 Å². The summed E-state index contributed by atoms with van der Waals surface area (Å²) in [6.45, 7) is 2.30. The summed E-state index contributed by atoms with van der Waals surface area (Å²) in [6.07, 6.45) is -0.585. The molecule has 0 aliphatic rings. The van der Waals surface area contributed by atoms with Crippen LogP contribution in [0.5, 0.6) is 11.5 Å². The minimum Gasteiger partial charge on any atom is -0.497 e. The van der Waals surface area contributed by atoms with E-state index in [0.717, 1.165) is 11.3 Å². The predicted molar refractivity (Wildman–Crippen MR) is 79.2 cm³/mol. The number of halogens is 1. The fourth-order valence-corrected chi connectivity index (χ4v) is 2.05. The van der Waals surface area contributed by atoms with Crippen LogP contribution in [0.3, 0.4) is 0 Å². The topological polar surface area (TPSA) is 38.7 Å². The van der Waals surface area contributed by atoms with Crippen LogP contribution >= 0.6 is 0 Å². The molecule has 0 aliphatic heterocycles. The lowest BCUT2D eigenvalue weighted by atomic mass is 10.1.